The fourth-order valence-electron chi connectivity index (χ4n) is 2.69. The van der Waals surface area contributed by atoms with Crippen LogP contribution in [0.15, 0.2) is 6.33 Å². The highest BCUT2D eigenvalue weighted by Gasteiger charge is 2.28. The van der Waals surface area contributed by atoms with Crippen molar-refractivity contribution in [2.24, 2.45) is 0 Å². The molecule has 1 aliphatic rings. The van der Waals surface area contributed by atoms with Crippen LogP contribution in [0.3, 0.4) is 0 Å². The minimum absolute atomic E-state index is 0.0319. The first-order chi connectivity index (χ1) is 9.72. The highest BCUT2D eigenvalue weighted by atomic mass is 16.5. The second kappa shape index (κ2) is 5.24. The highest BCUT2D eigenvalue weighted by Crippen LogP contribution is 2.33. The molecule has 7 heteroatoms. The number of anilines is 1. The summed E-state index contributed by atoms with van der Waals surface area (Å²) in [7, 11) is 1.55. The van der Waals surface area contributed by atoms with Crippen molar-refractivity contribution in [1.82, 2.24) is 19.5 Å². The van der Waals surface area contributed by atoms with Gasteiger partial charge in [-0.25, -0.2) is 4.98 Å². The zero-order valence-electron chi connectivity index (χ0n) is 11.7. The molecule has 2 atom stereocenters. The van der Waals surface area contributed by atoms with Gasteiger partial charge in [-0.2, -0.15) is 9.97 Å². The van der Waals surface area contributed by atoms with Crippen molar-refractivity contribution in [2.75, 3.05) is 12.8 Å². The summed E-state index contributed by atoms with van der Waals surface area (Å²) in [6.45, 7) is 2.17. The van der Waals surface area contributed by atoms with Gasteiger partial charge in [-0.1, -0.05) is 13.3 Å². The predicted octanol–water partition coefficient (Wildman–Crippen LogP) is 1.89. The third kappa shape index (κ3) is 2.18. The van der Waals surface area contributed by atoms with Crippen LogP contribution in [0.5, 0.6) is 5.88 Å². The molecule has 3 rings (SSSR count). The minimum atomic E-state index is -0.0319. The molecule has 0 aliphatic carbocycles. The molecule has 108 valence electrons. The van der Waals surface area contributed by atoms with E-state index in [1.54, 1.807) is 13.4 Å². The number of hydrogen-bond donors (Lipinski definition) is 1. The van der Waals surface area contributed by atoms with Gasteiger partial charge in [-0.3, -0.25) is 4.57 Å². The molecule has 0 spiro atoms. The van der Waals surface area contributed by atoms with Gasteiger partial charge in [0.2, 0.25) is 11.8 Å². The van der Waals surface area contributed by atoms with Crippen LogP contribution in [0.2, 0.25) is 0 Å². The fraction of sp³-hybridized carbons (Fsp3) is 0.615. The predicted molar refractivity (Wildman–Crippen MR) is 74.3 cm³/mol. The largest absolute Gasteiger partial charge is 0.479 e. The Morgan fingerprint density at radius 2 is 2.30 bits per heavy atom. The van der Waals surface area contributed by atoms with Crippen LogP contribution in [0.4, 0.5) is 5.95 Å². The molecule has 2 aromatic rings. The Labute approximate surface area is 117 Å². The second-order valence-electron chi connectivity index (χ2n) is 4.99. The van der Waals surface area contributed by atoms with E-state index in [4.69, 9.17) is 15.2 Å². The molecule has 7 nitrogen and oxygen atoms in total. The summed E-state index contributed by atoms with van der Waals surface area (Å²) in [5.74, 6) is 0.577. The van der Waals surface area contributed by atoms with Crippen LogP contribution < -0.4 is 10.5 Å². The summed E-state index contributed by atoms with van der Waals surface area (Å²) in [6.07, 6.45) is 6.26. The standard InChI is InChI=1S/C13H19N5O2/c1-3-4-8-5-6-9(20-8)18-7-15-10-11(18)16-13(14)17-12(10)19-2/h7-9H,3-6H2,1-2H3,(H2,14,16,17). The van der Waals surface area contributed by atoms with Crippen molar-refractivity contribution in [1.29, 1.82) is 0 Å². The first kappa shape index (κ1) is 13.1. The molecular weight excluding hydrogens is 258 g/mol. The highest BCUT2D eigenvalue weighted by molar-refractivity contribution is 5.77. The summed E-state index contributed by atoms with van der Waals surface area (Å²) in [5.41, 5.74) is 7.00. The third-order valence-electron chi connectivity index (χ3n) is 3.61. The Hall–Kier alpha value is -1.89. The van der Waals surface area contributed by atoms with E-state index in [9.17, 15) is 0 Å². The van der Waals surface area contributed by atoms with Crippen LogP contribution in [-0.2, 0) is 4.74 Å². The molecule has 3 heterocycles. The van der Waals surface area contributed by atoms with Crippen molar-refractivity contribution in [3.8, 4) is 5.88 Å². The van der Waals surface area contributed by atoms with Gasteiger partial charge in [0.25, 0.3) is 0 Å². The van der Waals surface area contributed by atoms with Gasteiger partial charge < -0.3 is 15.2 Å². The summed E-state index contributed by atoms with van der Waals surface area (Å²) in [4.78, 5) is 12.6. The van der Waals surface area contributed by atoms with Crippen LogP contribution >= 0.6 is 0 Å². The topological polar surface area (TPSA) is 88.1 Å². The molecule has 0 bridgehead atoms. The number of aromatic nitrogens is 4. The maximum absolute atomic E-state index is 6.05. The van der Waals surface area contributed by atoms with Gasteiger partial charge >= 0.3 is 0 Å². The lowest BCUT2D eigenvalue weighted by atomic mass is 10.1. The number of ether oxygens (including phenoxy) is 2. The first-order valence-corrected chi connectivity index (χ1v) is 6.92. The second-order valence-corrected chi connectivity index (χ2v) is 4.99. The first-order valence-electron chi connectivity index (χ1n) is 6.92. The summed E-state index contributed by atoms with van der Waals surface area (Å²) in [5, 5.41) is 0. The average molecular weight is 277 g/mol. The lowest BCUT2D eigenvalue weighted by molar-refractivity contribution is 0.000467. The van der Waals surface area contributed by atoms with Crippen molar-refractivity contribution in [2.45, 2.75) is 44.9 Å². The summed E-state index contributed by atoms with van der Waals surface area (Å²) in [6, 6.07) is 0. The number of fused-ring (bicyclic) bond motifs is 1. The van der Waals surface area contributed by atoms with Gasteiger partial charge in [-0.05, 0) is 19.3 Å². The van der Waals surface area contributed by atoms with Crippen molar-refractivity contribution in [3.63, 3.8) is 0 Å². The van der Waals surface area contributed by atoms with Crippen LogP contribution in [0.1, 0.15) is 38.8 Å². The molecule has 0 radical (unpaired) electrons. The van der Waals surface area contributed by atoms with E-state index in [-0.39, 0.29) is 12.2 Å². The maximum Gasteiger partial charge on any atom is 0.246 e. The number of nitrogens with zero attached hydrogens (tertiary/aromatic N) is 4. The Balaban J connectivity index is 1.95. The number of imidazole rings is 1. The van der Waals surface area contributed by atoms with Crippen molar-refractivity contribution in [3.05, 3.63) is 6.33 Å². The summed E-state index contributed by atoms with van der Waals surface area (Å²) >= 11 is 0. The van der Waals surface area contributed by atoms with Crippen LogP contribution in [0, 0.1) is 0 Å². The SMILES string of the molecule is CCCC1CCC(n2cnc3c(OC)nc(N)nc32)O1. The minimum Gasteiger partial charge on any atom is -0.479 e. The monoisotopic (exact) mass is 277 g/mol. The van der Waals surface area contributed by atoms with E-state index >= 15 is 0 Å². The molecule has 1 aliphatic heterocycles. The number of hydrogen-bond acceptors (Lipinski definition) is 6. The lowest BCUT2D eigenvalue weighted by Gasteiger charge is -2.14. The normalized spacial score (nSPS) is 22.5. The Morgan fingerprint density at radius 3 is 3.05 bits per heavy atom. The lowest BCUT2D eigenvalue weighted by Crippen LogP contribution is -2.11. The molecular formula is C13H19N5O2. The Bertz CT molecular complexity index is 612. The van der Waals surface area contributed by atoms with E-state index < -0.39 is 0 Å². The third-order valence-corrected chi connectivity index (χ3v) is 3.61. The van der Waals surface area contributed by atoms with E-state index in [1.165, 1.54) is 0 Å². The summed E-state index contributed by atoms with van der Waals surface area (Å²) < 4.78 is 13.2. The van der Waals surface area contributed by atoms with Gasteiger partial charge in [0, 0.05) is 0 Å². The molecule has 20 heavy (non-hydrogen) atoms. The molecule has 2 N–H and O–H groups in total. The fourth-order valence-corrected chi connectivity index (χ4v) is 2.69. The van der Waals surface area contributed by atoms with Gasteiger partial charge in [0.1, 0.15) is 6.23 Å². The quantitative estimate of drug-likeness (QED) is 0.918. The molecule has 0 saturated carbocycles. The number of nitrogens with two attached hydrogens (primary N) is 1. The molecule has 1 saturated heterocycles. The number of methoxy groups -OCH3 is 1. The van der Waals surface area contributed by atoms with Crippen molar-refractivity contribution < 1.29 is 9.47 Å². The van der Waals surface area contributed by atoms with Gasteiger partial charge in [-0.15, -0.1) is 0 Å². The zero-order chi connectivity index (χ0) is 14.1. The van der Waals surface area contributed by atoms with Gasteiger partial charge in [0.15, 0.2) is 11.2 Å². The number of rotatable bonds is 4. The van der Waals surface area contributed by atoms with Crippen LogP contribution in [-0.4, -0.2) is 32.7 Å². The Kier molecular flexibility index (Phi) is 3.43. The van der Waals surface area contributed by atoms with E-state index in [1.807, 2.05) is 4.57 Å². The van der Waals surface area contributed by atoms with Crippen molar-refractivity contribution >= 4 is 17.1 Å². The molecule has 1 fully saturated rings. The molecule has 2 aromatic heterocycles. The maximum atomic E-state index is 6.05. The average Bonchev–Trinajstić information content (AvgIpc) is 3.04. The van der Waals surface area contributed by atoms with E-state index in [0.29, 0.717) is 23.1 Å². The molecule has 0 aromatic carbocycles. The smallest absolute Gasteiger partial charge is 0.246 e. The zero-order valence-corrected chi connectivity index (χ0v) is 11.7. The molecule has 0 amide bonds. The van der Waals surface area contributed by atoms with E-state index in [2.05, 4.69) is 21.9 Å². The Morgan fingerprint density at radius 1 is 1.45 bits per heavy atom. The van der Waals surface area contributed by atoms with Crippen LogP contribution in [0.25, 0.3) is 11.2 Å². The molecule has 2 unspecified atom stereocenters. The van der Waals surface area contributed by atoms with Gasteiger partial charge in [0.05, 0.1) is 19.5 Å². The van der Waals surface area contributed by atoms with E-state index in [0.717, 1.165) is 25.7 Å². The number of nitrogen functional groups attached to an aromatic ring is 1.